The lowest BCUT2D eigenvalue weighted by molar-refractivity contribution is -0.124. The average molecular weight is 436 g/mol. The second kappa shape index (κ2) is 9.47. The molecule has 0 aromatic heterocycles. The van der Waals surface area contributed by atoms with Crippen molar-refractivity contribution in [2.24, 2.45) is 5.92 Å². The summed E-state index contributed by atoms with van der Waals surface area (Å²) in [7, 11) is -3.55. The Hall–Kier alpha value is -1.93. The summed E-state index contributed by atoms with van der Waals surface area (Å²) in [6.45, 7) is 7.10. The average Bonchev–Trinajstić information content (AvgIpc) is 2.86. The molecule has 7 nitrogen and oxygen atoms in total. The first-order chi connectivity index (χ1) is 14.2. The molecule has 0 saturated carbocycles. The van der Waals surface area contributed by atoms with Crippen molar-refractivity contribution >= 4 is 27.5 Å². The van der Waals surface area contributed by atoms with Crippen LogP contribution in [0.15, 0.2) is 23.1 Å². The van der Waals surface area contributed by atoms with Crippen LogP contribution in [0, 0.1) is 5.92 Å². The van der Waals surface area contributed by atoms with Gasteiger partial charge in [-0.05, 0) is 68.7 Å². The number of piperidine rings is 1. The summed E-state index contributed by atoms with van der Waals surface area (Å²) in [5.41, 5.74) is 1.45. The van der Waals surface area contributed by atoms with Crippen molar-refractivity contribution in [1.29, 1.82) is 0 Å². The van der Waals surface area contributed by atoms with Crippen molar-refractivity contribution < 1.29 is 18.0 Å². The molecule has 2 amide bonds. The molecule has 2 heterocycles. The Labute approximate surface area is 179 Å². The molecule has 1 aromatic carbocycles. The molecule has 1 unspecified atom stereocenters. The van der Waals surface area contributed by atoms with Gasteiger partial charge >= 0.3 is 0 Å². The number of sulfonamides is 1. The van der Waals surface area contributed by atoms with E-state index in [1.165, 1.54) is 4.90 Å². The molecule has 2 aliphatic heterocycles. The predicted molar refractivity (Wildman–Crippen MR) is 117 cm³/mol. The molecule has 1 aromatic rings. The third-order valence-electron chi connectivity index (χ3n) is 6.18. The molecule has 2 aliphatic rings. The molecular weight excluding hydrogens is 402 g/mol. The zero-order chi connectivity index (χ0) is 21.9. The van der Waals surface area contributed by atoms with E-state index in [2.05, 4.69) is 12.2 Å². The number of carbonyl (C=O) groups is 2. The summed E-state index contributed by atoms with van der Waals surface area (Å²) >= 11 is 0. The van der Waals surface area contributed by atoms with Crippen molar-refractivity contribution in [2.45, 2.75) is 70.2 Å². The SMILES string of the molecule is CCC(C)NC(=O)CN1C(=O)CCCc2cc(S(=O)(=O)N3CCC(C)CC3)ccc21. The van der Waals surface area contributed by atoms with Gasteiger partial charge in [0.2, 0.25) is 21.8 Å². The van der Waals surface area contributed by atoms with Crippen LogP contribution in [0.5, 0.6) is 0 Å². The molecule has 0 aliphatic carbocycles. The van der Waals surface area contributed by atoms with E-state index in [1.54, 1.807) is 22.5 Å². The van der Waals surface area contributed by atoms with Gasteiger partial charge in [0.05, 0.1) is 4.90 Å². The van der Waals surface area contributed by atoms with Crippen LogP contribution in [0.1, 0.15) is 58.4 Å². The Morgan fingerprint density at radius 3 is 2.60 bits per heavy atom. The topological polar surface area (TPSA) is 86.8 Å². The Morgan fingerprint density at radius 1 is 1.23 bits per heavy atom. The van der Waals surface area contributed by atoms with Crippen LogP contribution in [-0.2, 0) is 26.0 Å². The minimum Gasteiger partial charge on any atom is -0.352 e. The number of nitrogens with one attached hydrogen (secondary N) is 1. The zero-order valence-corrected chi connectivity index (χ0v) is 19.0. The highest BCUT2D eigenvalue weighted by Crippen LogP contribution is 2.31. The first kappa shape index (κ1) is 22.7. The number of hydrogen-bond acceptors (Lipinski definition) is 4. The number of aryl methyl sites for hydroxylation is 1. The molecular formula is C22H33N3O4S. The van der Waals surface area contributed by atoms with Crippen LogP contribution in [0.2, 0.25) is 0 Å². The number of hydrogen-bond donors (Lipinski definition) is 1. The smallest absolute Gasteiger partial charge is 0.243 e. The highest BCUT2D eigenvalue weighted by atomic mass is 32.2. The van der Waals surface area contributed by atoms with E-state index in [0.29, 0.717) is 44.0 Å². The molecule has 3 rings (SSSR count). The van der Waals surface area contributed by atoms with E-state index >= 15 is 0 Å². The number of amides is 2. The first-order valence-corrected chi connectivity index (χ1v) is 12.4. The summed E-state index contributed by atoms with van der Waals surface area (Å²) in [6.07, 6.45) is 4.16. The fourth-order valence-electron chi connectivity index (χ4n) is 4.00. The quantitative estimate of drug-likeness (QED) is 0.744. The molecule has 30 heavy (non-hydrogen) atoms. The van der Waals surface area contributed by atoms with Gasteiger partial charge in [0.15, 0.2) is 0 Å². The van der Waals surface area contributed by atoms with Crippen molar-refractivity contribution in [3.05, 3.63) is 23.8 Å². The van der Waals surface area contributed by atoms with Gasteiger partial charge in [-0.1, -0.05) is 13.8 Å². The highest BCUT2D eigenvalue weighted by Gasteiger charge is 2.30. The van der Waals surface area contributed by atoms with Gasteiger partial charge in [-0.25, -0.2) is 8.42 Å². The van der Waals surface area contributed by atoms with Crippen molar-refractivity contribution in [2.75, 3.05) is 24.5 Å². The van der Waals surface area contributed by atoms with Crippen molar-refractivity contribution in [3.63, 3.8) is 0 Å². The van der Waals surface area contributed by atoms with Crippen LogP contribution < -0.4 is 10.2 Å². The number of rotatable bonds is 6. The number of nitrogens with zero attached hydrogens (tertiary/aromatic N) is 2. The highest BCUT2D eigenvalue weighted by molar-refractivity contribution is 7.89. The molecule has 166 valence electrons. The van der Waals surface area contributed by atoms with Gasteiger partial charge in [0, 0.05) is 31.2 Å². The van der Waals surface area contributed by atoms with Crippen LogP contribution in [0.3, 0.4) is 0 Å². The molecule has 1 saturated heterocycles. The number of fused-ring (bicyclic) bond motifs is 1. The molecule has 0 bridgehead atoms. The van der Waals surface area contributed by atoms with E-state index < -0.39 is 10.0 Å². The lowest BCUT2D eigenvalue weighted by Gasteiger charge is -2.30. The molecule has 0 radical (unpaired) electrons. The second-order valence-corrected chi connectivity index (χ2v) is 10.5. The third kappa shape index (κ3) is 5.03. The summed E-state index contributed by atoms with van der Waals surface area (Å²) < 4.78 is 27.8. The lowest BCUT2D eigenvalue weighted by Crippen LogP contribution is -2.43. The van der Waals surface area contributed by atoms with Crippen LogP contribution in [-0.4, -0.2) is 50.2 Å². The summed E-state index contributed by atoms with van der Waals surface area (Å²) in [5, 5.41) is 2.90. The van der Waals surface area contributed by atoms with Crippen LogP contribution in [0.4, 0.5) is 5.69 Å². The van der Waals surface area contributed by atoms with Gasteiger partial charge in [0.1, 0.15) is 6.54 Å². The van der Waals surface area contributed by atoms with Gasteiger partial charge in [-0.3, -0.25) is 9.59 Å². The van der Waals surface area contributed by atoms with Gasteiger partial charge in [0.25, 0.3) is 0 Å². The fourth-order valence-corrected chi connectivity index (χ4v) is 5.52. The Kier molecular flexibility index (Phi) is 7.18. The van der Waals surface area contributed by atoms with E-state index in [4.69, 9.17) is 0 Å². The number of carbonyl (C=O) groups excluding carboxylic acids is 2. The number of anilines is 1. The van der Waals surface area contributed by atoms with Crippen LogP contribution in [0.25, 0.3) is 0 Å². The molecule has 8 heteroatoms. The standard InChI is InChI=1S/C22H33N3O4S/c1-4-17(3)23-21(26)15-25-20-9-8-19(14-18(20)6-5-7-22(25)27)30(28,29)24-12-10-16(2)11-13-24/h8-9,14,16-17H,4-7,10-13,15H2,1-3H3,(H,23,26). The predicted octanol–water partition coefficient (Wildman–Crippen LogP) is 2.69. The summed E-state index contributed by atoms with van der Waals surface area (Å²) in [4.78, 5) is 26.8. The Balaban J connectivity index is 1.85. The molecule has 0 spiro atoms. The maximum Gasteiger partial charge on any atom is 0.243 e. The Bertz CT molecular complexity index is 892. The maximum atomic E-state index is 13.1. The second-order valence-electron chi connectivity index (χ2n) is 8.59. The van der Waals surface area contributed by atoms with E-state index in [0.717, 1.165) is 24.8 Å². The van der Waals surface area contributed by atoms with Crippen molar-refractivity contribution in [3.8, 4) is 0 Å². The van der Waals surface area contributed by atoms with Crippen LogP contribution >= 0.6 is 0 Å². The molecule has 1 N–H and O–H groups in total. The van der Waals surface area contributed by atoms with E-state index in [1.807, 2.05) is 13.8 Å². The fraction of sp³-hybridized carbons (Fsp3) is 0.636. The van der Waals surface area contributed by atoms with E-state index in [-0.39, 0.29) is 29.3 Å². The van der Waals surface area contributed by atoms with Gasteiger partial charge in [-0.15, -0.1) is 0 Å². The minimum absolute atomic E-state index is 0.0406. The molecule has 1 atom stereocenters. The first-order valence-electron chi connectivity index (χ1n) is 10.9. The van der Waals surface area contributed by atoms with E-state index in [9.17, 15) is 18.0 Å². The molecule has 1 fully saturated rings. The maximum absolute atomic E-state index is 13.1. The summed E-state index contributed by atoms with van der Waals surface area (Å²) in [5.74, 6) is 0.239. The van der Waals surface area contributed by atoms with Gasteiger partial charge in [-0.2, -0.15) is 4.31 Å². The summed E-state index contributed by atoms with van der Waals surface area (Å²) in [6, 6.07) is 5.00. The largest absolute Gasteiger partial charge is 0.352 e. The zero-order valence-electron chi connectivity index (χ0n) is 18.2. The third-order valence-corrected chi connectivity index (χ3v) is 8.08. The van der Waals surface area contributed by atoms with Crippen molar-refractivity contribution in [1.82, 2.24) is 9.62 Å². The van der Waals surface area contributed by atoms with Gasteiger partial charge < -0.3 is 10.2 Å². The normalized spacial score (nSPS) is 19.8. The lowest BCUT2D eigenvalue weighted by atomic mass is 10.0. The number of benzene rings is 1. The minimum atomic E-state index is -3.55. The monoisotopic (exact) mass is 435 g/mol. The Morgan fingerprint density at radius 2 is 1.93 bits per heavy atom.